The van der Waals surface area contributed by atoms with Crippen LogP contribution in [0, 0.1) is 28.6 Å². The molecule has 0 bridgehead atoms. The first-order valence-electron chi connectivity index (χ1n) is 8.99. The summed E-state index contributed by atoms with van der Waals surface area (Å²) in [6.07, 6.45) is 9.66. The molecular formula is C19H28O3. The minimum absolute atomic E-state index is 0.116. The molecule has 0 aromatic heterocycles. The molecular weight excluding hydrogens is 276 g/mol. The van der Waals surface area contributed by atoms with Crippen molar-refractivity contribution in [1.29, 1.82) is 0 Å². The SMILES string of the molecule is C[C@]12CCCCC1=CC(O)(O)[C@@H]1[C@H]2CC[C@]2(C)C(=O)CC[C@@H]12. The van der Waals surface area contributed by atoms with Crippen molar-refractivity contribution >= 4 is 5.78 Å². The van der Waals surface area contributed by atoms with Crippen molar-refractivity contribution in [1.82, 2.24) is 0 Å². The summed E-state index contributed by atoms with van der Waals surface area (Å²) in [7, 11) is 0. The number of fused-ring (bicyclic) bond motifs is 5. The molecule has 0 saturated heterocycles. The van der Waals surface area contributed by atoms with Gasteiger partial charge in [0.15, 0.2) is 5.79 Å². The Bertz CT molecular complexity index is 549. The van der Waals surface area contributed by atoms with Crippen LogP contribution in [0.5, 0.6) is 0 Å². The summed E-state index contributed by atoms with van der Waals surface area (Å²) < 4.78 is 0. The Morgan fingerprint density at radius 1 is 1.00 bits per heavy atom. The molecule has 3 fully saturated rings. The maximum Gasteiger partial charge on any atom is 0.186 e. The Kier molecular flexibility index (Phi) is 3.01. The van der Waals surface area contributed by atoms with Gasteiger partial charge in [-0.15, -0.1) is 0 Å². The van der Waals surface area contributed by atoms with Crippen LogP contribution in [0.1, 0.15) is 65.2 Å². The summed E-state index contributed by atoms with van der Waals surface area (Å²) in [6, 6.07) is 0. The van der Waals surface area contributed by atoms with Gasteiger partial charge in [-0.2, -0.15) is 0 Å². The van der Waals surface area contributed by atoms with Gasteiger partial charge in [0, 0.05) is 17.8 Å². The van der Waals surface area contributed by atoms with Crippen molar-refractivity contribution in [2.45, 2.75) is 71.0 Å². The lowest BCUT2D eigenvalue weighted by Gasteiger charge is -2.59. The third-order valence-electron chi connectivity index (χ3n) is 7.80. The average Bonchev–Trinajstić information content (AvgIpc) is 2.75. The molecule has 0 radical (unpaired) electrons. The Morgan fingerprint density at radius 2 is 1.73 bits per heavy atom. The molecule has 3 saturated carbocycles. The molecule has 2 N–H and O–H groups in total. The minimum Gasteiger partial charge on any atom is -0.362 e. The molecule has 4 aliphatic carbocycles. The van der Waals surface area contributed by atoms with E-state index in [1.165, 1.54) is 12.0 Å². The van der Waals surface area contributed by atoms with E-state index in [9.17, 15) is 15.0 Å². The third kappa shape index (κ3) is 1.73. The highest BCUT2D eigenvalue weighted by Crippen LogP contribution is 2.65. The third-order valence-corrected chi connectivity index (χ3v) is 7.80. The van der Waals surface area contributed by atoms with Gasteiger partial charge in [-0.1, -0.05) is 25.8 Å². The monoisotopic (exact) mass is 304 g/mol. The van der Waals surface area contributed by atoms with Gasteiger partial charge in [0.25, 0.3) is 0 Å². The van der Waals surface area contributed by atoms with Crippen LogP contribution in [-0.2, 0) is 4.79 Å². The van der Waals surface area contributed by atoms with Crippen LogP contribution >= 0.6 is 0 Å². The highest BCUT2D eigenvalue weighted by Gasteiger charge is 2.63. The van der Waals surface area contributed by atoms with Crippen molar-refractivity contribution in [3.05, 3.63) is 11.6 Å². The predicted molar refractivity (Wildman–Crippen MR) is 83.9 cm³/mol. The van der Waals surface area contributed by atoms with Gasteiger partial charge in [-0.3, -0.25) is 4.79 Å². The number of carbonyl (C=O) groups excluding carboxylic acids is 1. The van der Waals surface area contributed by atoms with Crippen LogP contribution in [0.15, 0.2) is 11.6 Å². The van der Waals surface area contributed by atoms with Crippen molar-refractivity contribution in [3.63, 3.8) is 0 Å². The molecule has 0 aromatic rings. The Hall–Kier alpha value is -0.670. The van der Waals surface area contributed by atoms with Gasteiger partial charge in [0.1, 0.15) is 5.78 Å². The Balaban J connectivity index is 1.82. The van der Waals surface area contributed by atoms with E-state index in [0.717, 1.165) is 38.5 Å². The number of ketones is 1. The first kappa shape index (κ1) is 14.9. The molecule has 0 aromatic carbocycles. The highest BCUT2D eigenvalue weighted by atomic mass is 16.5. The van der Waals surface area contributed by atoms with Gasteiger partial charge < -0.3 is 10.2 Å². The number of rotatable bonds is 0. The van der Waals surface area contributed by atoms with Crippen LogP contribution in [0.2, 0.25) is 0 Å². The zero-order chi connectivity index (χ0) is 15.8. The topological polar surface area (TPSA) is 57.5 Å². The summed E-state index contributed by atoms with van der Waals surface area (Å²) >= 11 is 0. The first-order valence-corrected chi connectivity index (χ1v) is 8.99. The molecule has 22 heavy (non-hydrogen) atoms. The van der Waals surface area contributed by atoms with Crippen LogP contribution in [0.3, 0.4) is 0 Å². The van der Waals surface area contributed by atoms with E-state index < -0.39 is 5.79 Å². The summed E-state index contributed by atoms with van der Waals surface area (Å²) in [4.78, 5) is 12.4. The number of carbonyl (C=O) groups is 1. The van der Waals surface area contributed by atoms with E-state index in [2.05, 4.69) is 13.8 Å². The van der Waals surface area contributed by atoms with Gasteiger partial charge in [0.05, 0.1) is 0 Å². The summed E-state index contributed by atoms with van der Waals surface area (Å²) in [6.45, 7) is 4.41. The van der Waals surface area contributed by atoms with Crippen molar-refractivity contribution in [2.75, 3.05) is 0 Å². The summed E-state index contributed by atoms with van der Waals surface area (Å²) in [5.41, 5.74) is 1.05. The van der Waals surface area contributed by atoms with E-state index in [1.54, 1.807) is 6.08 Å². The van der Waals surface area contributed by atoms with Crippen LogP contribution in [-0.4, -0.2) is 21.8 Å². The van der Waals surface area contributed by atoms with Crippen molar-refractivity contribution in [3.8, 4) is 0 Å². The smallest absolute Gasteiger partial charge is 0.186 e. The summed E-state index contributed by atoms with van der Waals surface area (Å²) in [5.74, 6) is -1.12. The lowest BCUT2D eigenvalue weighted by molar-refractivity contribution is -0.230. The lowest BCUT2D eigenvalue weighted by Crippen LogP contribution is -2.59. The fraction of sp³-hybridized carbons (Fsp3) is 0.842. The van der Waals surface area contributed by atoms with E-state index >= 15 is 0 Å². The first-order chi connectivity index (χ1) is 10.3. The van der Waals surface area contributed by atoms with Crippen LogP contribution in [0.25, 0.3) is 0 Å². The molecule has 0 amide bonds. The van der Waals surface area contributed by atoms with E-state index in [-0.39, 0.29) is 22.7 Å². The van der Waals surface area contributed by atoms with Crippen molar-refractivity contribution in [2.24, 2.45) is 28.6 Å². The molecule has 5 atom stereocenters. The zero-order valence-corrected chi connectivity index (χ0v) is 13.8. The normalized spacial score (nSPS) is 49.9. The predicted octanol–water partition coefficient (Wildman–Crippen LogP) is 3.20. The average molecular weight is 304 g/mol. The second-order valence-corrected chi connectivity index (χ2v) is 8.73. The molecule has 0 spiro atoms. The largest absolute Gasteiger partial charge is 0.362 e. The molecule has 4 rings (SSSR count). The van der Waals surface area contributed by atoms with Gasteiger partial charge in [-0.25, -0.2) is 0 Å². The molecule has 0 unspecified atom stereocenters. The van der Waals surface area contributed by atoms with Gasteiger partial charge in [0.2, 0.25) is 0 Å². The lowest BCUT2D eigenvalue weighted by atomic mass is 9.47. The van der Waals surface area contributed by atoms with Gasteiger partial charge in [-0.05, 0) is 61.9 Å². The fourth-order valence-electron chi connectivity index (χ4n) is 6.49. The second kappa shape index (κ2) is 4.45. The second-order valence-electron chi connectivity index (χ2n) is 8.73. The van der Waals surface area contributed by atoms with Crippen molar-refractivity contribution < 1.29 is 15.0 Å². The van der Waals surface area contributed by atoms with Crippen LogP contribution in [0.4, 0.5) is 0 Å². The van der Waals surface area contributed by atoms with E-state index in [0.29, 0.717) is 18.1 Å². The minimum atomic E-state index is -1.73. The van der Waals surface area contributed by atoms with Crippen LogP contribution < -0.4 is 0 Å². The molecule has 3 heteroatoms. The van der Waals surface area contributed by atoms with E-state index in [4.69, 9.17) is 0 Å². The number of Topliss-reactive ketones (excluding diaryl/α,β-unsaturated/α-hetero) is 1. The maximum atomic E-state index is 12.4. The van der Waals surface area contributed by atoms with Gasteiger partial charge >= 0.3 is 0 Å². The maximum absolute atomic E-state index is 12.4. The Morgan fingerprint density at radius 3 is 2.50 bits per heavy atom. The number of hydrogen-bond acceptors (Lipinski definition) is 3. The molecule has 0 heterocycles. The Labute approximate surface area is 132 Å². The quantitative estimate of drug-likeness (QED) is 0.534. The number of aliphatic hydroxyl groups is 2. The molecule has 0 aliphatic heterocycles. The van der Waals surface area contributed by atoms with E-state index in [1.807, 2.05) is 0 Å². The summed E-state index contributed by atoms with van der Waals surface area (Å²) in [5, 5.41) is 21.7. The standard InChI is InChI=1S/C19H28O3/c1-17-9-4-3-5-12(17)11-19(21,22)16-13-6-7-15(20)18(13,2)10-8-14(16)17/h11,13-14,16,21-22H,3-10H2,1-2H3/t13-,14+,16-,17-,18-/m0/s1. The highest BCUT2D eigenvalue weighted by molar-refractivity contribution is 5.87. The molecule has 122 valence electrons. The zero-order valence-electron chi connectivity index (χ0n) is 13.8. The number of hydrogen-bond donors (Lipinski definition) is 2. The number of allylic oxidation sites excluding steroid dienone is 1. The fourth-order valence-corrected chi connectivity index (χ4v) is 6.49. The molecule has 4 aliphatic rings. The molecule has 3 nitrogen and oxygen atoms in total.